The van der Waals surface area contributed by atoms with Crippen LogP contribution in [0.25, 0.3) is 0 Å². The Morgan fingerprint density at radius 1 is 0.507 bits per heavy atom. The summed E-state index contributed by atoms with van der Waals surface area (Å²) in [6.45, 7) is 25.2. The minimum Gasteiger partial charge on any atom is -0.459 e. The number of benzene rings is 4. The van der Waals surface area contributed by atoms with E-state index in [1.807, 2.05) is 12.1 Å². The predicted molar refractivity (Wildman–Crippen MR) is 285 cm³/mol. The Kier molecular flexibility index (Phi) is 22.8. The van der Waals surface area contributed by atoms with Crippen molar-refractivity contribution in [1.29, 1.82) is 0 Å². The third kappa shape index (κ3) is 22.2. The van der Waals surface area contributed by atoms with Crippen LogP contribution in [0, 0.1) is 10.8 Å². The molecule has 0 fully saturated rings. The van der Waals surface area contributed by atoms with Crippen LogP contribution in [-0.4, -0.2) is 47.7 Å². The molecule has 4 aromatic rings. The monoisotopic (exact) mass is 1060 g/mol. The van der Waals surface area contributed by atoms with Gasteiger partial charge in [0.15, 0.2) is 0 Å². The molecule has 71 heavy (non-hydrogen) atoms. The number of nitrogens with one attached hydrogen (secondary N) is 3. The fourth-order valence-electron chi connectivity index (χ4n) is 6.96. The largest absolute Gasteiger partial charge is 0.459 e. The average Bonchev–Trinajstić information content (AvgIpc) is 3.23. The highest BCUT2D eigenvalue weighted by molar-refractivity contribution is 6.35. The van der Waals surface area contributed by atoms with Crippen LogP contribution < -0.4 is 21.7 Å². The van der Waals surface area contributed by atoms with Crippen molar-refractivity contribution in [2.24, 2.45) is 16.6 Å². The summed E-state index contributed by atoms with van der Waals surface area (Å²) in [4.78, 5) is 63.8. The minimum absolute atomic E-state index is 0.0125. The lowest BCUT2D eigenvalue weighted by Gasteiger charge is -2.28. The molecule has 0 saturated heterocycles. The Balaban J connectivity index is 0.000000383. The van der Waals surface area contributed by atoms with Crippen molar-refractivity contribution in [3.63, 3.8) is 0 Å². The van der Waals surface area contributed by atoms with Gasteiger partial charge in [0.2, 0.25) is 11.8 Å². The van der Waals surface area contributed by atoms with Gasteiger partial charge in [-0.3, -0.25) is 9.59 Å². The van der Waals surface area contributed by atoms with E-state index < -0.39 is 41.7 Å². The summed E-state index contributed by atoms with van der Waals surface area (Å²) >= 11 is 24.6. The van der Waals surface area contributed by atoms with E-state index in [9.17, 15) is 24.0 Å². The molecule has 4 aromatic carbocycles. The summed E-state index contributed by atoms with van der Waals surface area (Å²) in [5.41, 5.74) is 9.10. The zero-order valence-electron chi connectivity index (χ0n) is 43.2. The lowest BCUT2D eigenvalue weighted by atomic mass is 9.87. The maximum Gasteiger partial charge on any atom is 0.408 e. The van der Waals surface area contributed by atoms with Gasteiger partial charge in [0.05, 0.1) is 35.4 Å². The molecule has 2 unspecified atom stereocenters. The molecule has 4 rings (SSSR count). The number of amides is 3. The highest BCUT2D eigenvalue weighted by Gasteiger charge is 2.30. The summed E-state index contributed by atoms with van der Waals surface area (Å²) in [6, 6.07) is 21.0. The zero-order chi connectivity index (χ0) is 53.6. The van der Waals surface area contributed by atoms with Crippen LogP contribution in [-0.2, 0) is 23.8 Å². The molecule has 16 heteroatoms. The molecule has 0 aliphatic carbocycles. The van der Waals surface area contributed by atoms with Gasteiger partial charge in [0.25, 0.3) is 0 Å². The second-order valence-corrected chi connectivity index (χ2v) is 23.2. The number of hydrogen-bond donors (Lipinski definition) is 4. The van der Waals surface area contributed by atoms with Crippen molar-refractivity contribution in [3.05, 3.63) is 138 Å². The first-order chi connectivity index (χ1) is 32.8. The van der Waals surface area contributed by atoms with Crippen LogP contribution in [0.4, 0.5) is 4.79 Å². The van der Waals surface area contributed by atoms with E-state index in [1.54, 1.807) is 121 Å². The van der Waals surface area contributed by atoms with Gasteiger partial charge in [-0.25, -0.2) is 14.4 Å². The Morgan fingerprint density at radius 2 is 0.859 bits per heavy atom. The maximum absolute atomic E-state index is 13.7. The van der Waals surface area contributed by atoms with Gasteiger partial charge < -0.3 is 35.9 Å². The molecule has 0 saturated carbocycles. The van der Waals surface area contributed by atoms with Gasteiger partial charge in [-0.15, -0.1) is 0 Å². The quantitative estimate of drug-likeness (QED) is 0.0592. The molecule has 0 aliphatic heterocycles. The second-order valence-electron chi connectivity index (χ2n) is 21.4. The Morgan fingerprint density at radius 3 is 1.20 bits per heavy atom. The smallest absolute Gasteiger partial charge is 0.408 e. The van der Waals surface area contributed by atoms with E-state index in [2.05, 4.69) is 57.5 Å². The number of nitrogens with two attached hydrogens (primary N) is 1. The summed E-state index contributed by atoms with van der Waals surface area (Å²) in [6.07, 6.45) is 1.86. The first kappa shape index (κ1) is 60.5. The summed E-state index contributed by atoms with van der Waals surface area (Å²) in [7, 11) is 0. The number of halogens is 4. The van der Waals surface area contributed by atoms with Gasteiger partial charge in [0, 0.05) is 20.1 Å². The number of ether oxygens (including phenoxy) is 3. The van der Waals surface area contributed by atoms with E-state index in [1.165, 1.54) is 0 Å². The lowest BCUT2D eigenvalue weighted by Crippen LogP contribution is -2.43. The highest BCUT2D eigenvalue weighted by atomic mass is 35.5. The van der Waals surface area contributed by atoms with Crippen LogP contribution in [0.15, 0.2) is 84.9 Å². The van der Waals surface area contributed by atoms with Crippen molar-refractivity contribution >= 4 is 76.2 Å². The van der Waals surface area contributed by atoms with E-state index >= 15 is 0 Å². The van der Waals surface area contributed by atoms with Gasteiger partial charge in [-0.1, -0.05) is 112 Å². The topological polar surface area (TPSA) is 175 Å². The predicted octanol–water partition coefficient (Wildman–Crippen LogP) is 14.1. The first-order valence-electron chi connectivity index (χ1n) is 23.7. The summed E-state index contributed by atoms with van der Waals surface area (Å²) < 4.78 is 15.9. The number of rotatable bonds is 17. The molecule has 5 N–H and O–H groups in total. The number of carbonyl (C=O) groups is 5. The van der Waals surface area contributed by atoms with Crippen molar-refractivity contribution in [1.82, 2.24) is 16.0 Å². The standard InChI is InChI=1S/C30H40Cl2N2O5.C25H32Cl2N2O3/c1-18(2)38-27(36)20-11-9-19(10-12-20)24(13-14-29(3,4)5)33-26(35)25(34-28(37)39-30(6,7)8)21-15-22(31)17-23(32)16-21;1-15(2)32-24(31)17-8-6-16(7-9-17)21(10-11-25(3,4)5)29-23(30)22(28)18-12-19(26)14-20(27)13-18/h9-12,15-18,24-25H,13-14H2,1-8H3,(H,33,35)(H,34,37);6-9,12-15,21-22H,10-11,28H2,1-5H3,(H,29,30)/t24-,25?;21-,22?/m11/s1. The van der Waals surface area contributed by atoms with Crippen LogP contribution >= 0.6 is 46.4 Å². The van der Waals surface area contributed by atoms with E-state index in [0.717, 1.165) is 24.0 Å². The second kappa shape index (κ2) is 26.7. The van der Waals surface area contributed by atoms with Crippen LogP contribution in [0.2, 0.25) is 20.1 Å². The first-order valence-corrected chi connectivity index (χ1v) is 25.2. The zero-order valence-corrected chi connectivity index (χ0v) is 46.3. The minimum atomic E-state index is -1.12. The molecular weight excluding hydrogens is 986 g/mol. The highest BCUT2D eigenvalue weighted by Crippen LogP contribution is 2.32. The third-order valence-electron chi connectivity index (χ3n) is 10.4. The molecule has 0 bridgehead atoms. The summed E-state index contributed by atoms with van der Waals surface area (Å²) in [5, 5.41) is 10.3. The molecule has 0 spiro atoms. The van der Waals surface area contributed by atoms with Crippen molar-refractivity contribution in [3.8, 4) is 0 Å². The fourth-order valence-corrected chi connectivity index (χ4v) is 8.04. The molecule has 0 aliphatic rings. The van der Waals surface area contributed by atoms with E-state index in [-0.39, 0.29) is 41.0 Å². The third-order valence-corrected chi connectivity index (χ3v) is 11.3. The fraction of sp³-hybridized carbons (Fsp3) is 0.473. The van der Waals surface area contributed by atoms with E-state index in [0.29, 0.717) is 55.2 Å². The Hall–Kier alpha value is -4.85. The molecule has 12 nitrogen and oxygen atoms in total. The van der Waals surface area contributed by atoms with Crippen molar-refractivity contribution in [2.75, 3.05) is 0 Å². The molecule has 0 heterocycles. The van der Waals surface area contributed by atoms with Gasteiger partial charge in [-0.2, -0.15) is 0 Å². The average molecular weight is 1060 g/mol. The van der Waals surface area contributed by atoms with Crippen LogP contribution in [0.5, 0.6) is 0 Å². The molecule has 3 amide bonds. The van der Waals surface area contributed by atoms with Crippen LogP contribution in [0.1, 0.15) is 183 Å². The normalized spacial score (nSPS) is 13.5. The van der Waals surface area contributed by atoms with Gasteiger partial charge in [0.1, 0.15) is 17.7 Å². The number of hydrogen-bond acceptors (Lipinski definition) is 9. The molecule has 0 aromatic heterocycles. The SMILES string of the molecule is CC(C)OC(=O)c1ccc([C@@H](CCC(C)(C)C)NC(=O)C(N)c2cc(Cl)cc(Cl)c2)cc1.CC(C)OC(=O)c1ccc([C@@H](CCC(C)(C)C)NC(=O)C(NC(=O)OC(C)(C)C)c2cc(Cl)cc(Cl)c2)cc1. The number of esters is 2. The number of alkyl carbamates (subject to hydrolysis) is 1. The van der Waals surface area contributed by atoms with Crippen molar-refractivity contribution < 1.29 is 38.2 Å². The van der Waals surface area contributed by atoms with Crippen molar-refractivity contribution in [2.45, 2.75) is 158 Å². The molecule has 0 radical (unpaired) electrons. The Labute approximate surface area is 440 Å². The Bertz CT molecular complexity index is 2380. The number of carbonyl (C=O) groups excluding carboxylic acids is 5. The van der Waals surface area contributed by atoms with E-state index in [4.69, 9.17) is 66.3 Å². The molecule has 388 valence electrons. The van der Waals surface area contributed by atoms with Crippen LogP contribution in [0.3, 0.4) is 0 Å². The lowest BCUT2D eigenvalue weighted by molar-refractivity contribution is -0.124. The summed E-state index contributed by atoms with van der Waals surface area (Å²) in [5.74, 6) is -1.57. The molecule has 4 atom stereocenters. The van der Waals surface area contributed by atoms with Gasteiger partial charge >= 0.3 is 18.0 Å². The van der Waals surface area contributed by atoms with Gasteiger partial charge in [-0.05, 0) is 168 Å². The maximum atomic E-state index is 13.7. The molecular formula is C55H72Cl4N4O8.